The van der Waals surface area contributed by atoms with Crippen molar-refractivity contribution < 1.29 is 37.5 Å². The Labute approximate surface area is 152 Å². The van der Waals surface area contributed by atoms with Gasteiger partial charge in [0.2, 0.25) is 0 Å². The monoisotopic (exact) mass is 358 g/mol. The maximum absolute atomic E-state index is 11.9. The van der Waals surface area contributed by atoms with Crippen LogP contribution < -0.4 is 0 Å². The van der Waals surface area contributed by atoms with Crippen LogP contribution in [0.4, 0.5) is 0 Å². The summed E-state index contributed by atoms with van der Waals surface area (Å²) in [5, 5.41) is 0. The van der Waals surface area contributed by atoms with Crippen molar-refractivity contribution in [1.29, 1.82) is 0 Å². The molecule has 0 aromatic rings. The van der Waals surface area contributed by atoms with Crippen LogP contribution in [0, 0.1) is 0 Å². The van der Waals surface area contributed by atoms with Gasteiger partial charge in [0.25, 0.3) is 0 Å². The van der Waals surface area contributed by atoms with Crippen LogP contribution in [0.15, 0.2) is 0 Å². The highest BCUT2D eigenvalue weighted by Crippen LogP contribution is 2.15. The van der Waals surface area contributed by atoms with Crippen molar-refractivity contribution in [2.45, 2.75) is 78.8 Å². The highest BCUT2D eigenvalue weighted by atomic mass is 16.7. The van der Waals surface area contributed by atoms with E-state index in [4.69, 9.17) is 27.9 Å². The Balaban J connectivity index is 4.27. The molecule has 0 aromatic carbocycles. The van der Waals surface area contributed by atoms with E-state index >= 15 is 0 Å². The number of rotatable bonds is 12. The predicted molar refractivity (Wildman–Crippen MR) is 96.4 cm³/mol. The molecule has 11 heteroatoms. The molecule has 0 saturated heterocycles. The molecule has 25 heavy (non-hydrogen) atoms. The first-order valence-electron chi connectivity index (χ1n) is 8.24. The summed E-state index contributed by atoms with van der Waals surface area (Å²) in [6.07, 6.45) is -0.0988. The van der Waals surface area contributed by atoms with Crippen LogP contribution in [0.5, 0.6) is 0 Å². The largest absolute Gasteiger partial charge is 0.510 e. The van der Waals surface area contributed by atoms with Crippen LogP contribution >= 0.6 is 0 Å². The van der Waals surface area contributed by atoms with Gasteiger partial charge >= 0.3 is 35.0 Å². The molecule has 0 atom stereocenters. The van der Waals surface area contributed by atoms with Crippen molar-refractivity contribution in [3.63, 3.8) is 0 Å². The van der Waals surface area contributed by atoms with Gasteiger partial charge in [0.1, 0.15) is 11.2 Å². The second-order valence-electron chi connectivity index (χ2n) is 6.96. The fourth-order valence-corrected chi connectivity index (χ4v) is 1.24. The molecule has 0 saturated carbocycles. The zero-order valence-corrected chi connectivity index (χ0v) is 16.5. The molecule has 0 bridgehead atoms. The molecule has 0 amide bonds. The third-order valence-electron chi connectivity index (χ3n) is 3.01. The summed E-state index contributed by atoms with van der Waals surface area (Å²) in [7, 11) is -0.601. The van der Waals surface area contributed by atoms with Crippen LogP contribution in [0.25, 0.3) is 0 Å². The first kappa shape index (κ1) is 24.0. The Morgan fingerprint density at radius 1 is 0.680 bits per heavy atom. The summed E-state index contributed by atoms with van der Waals surface area (Å²) >= 11 is 0. The molecule has 0 spiro atoms. The number of carbonyl (C=O) groups is 2. The van der Waals surface area contributed by atoms with Crippen molar-refractivity contribution >= 4 is 35.0 Å². The molecule has 8 nitrogen and oxygen atoms in total. The lowest BCUT2D eigenvalue weighted by Crippen LogP contribution is -2.44. The molecule has 0 unspecified atom stereocenters. The zero-order valence-electron chi connectivity index (χ0n) is 16.5. The van der Waals surface area contributed by atoms with Crippen LogP contribution in [-0.2, 0) is 37.5 Å². The van der Waals surface area contributed by atoms with Gasteiger partial charge in [-0.15, -0.1) is 0 Å². The minimum Gasteiger partial charge on any atom is -0.510 e. The van der Waals surface area contributed by atoms with E-state index in [2.05, 4.69) is 0 Å². The maximum atomic E-state index is 11.9. The van der Waals surface area contributed by atoms with E-state index in [0.717, 1.165) is 0 Å². The number of carbonyl (C=O) groups excluding carboxylic acids is 2. The van der Waals surface area contributed by atoms with Crippen molar-refractivity contribution in [1.82, 2.24) is 0 Å². The standard InChI is InChI=1S/C14H29B3O8/c1-9(2)20-15-22-11(18)13(5,6)24-17-25-14(7,8)12(19)23-16-21-10(3)4/h9-10,15-17H,1-8H3. The topological polar surface area (TPSA) is 89.5 Å². The van der Waals surface area contributed by atoms with E-state index in [1.54, 1.807) is 0 Å². The third kappa shape index (κ3) is 10.5. The van der Waals surface area contributed by atoms with E-state index in [9.17, 15) is 9.59 Å². The lowest BCUT2D eigenvalue weighted by Gasteiger charge is -2.27. The molecule has 0 aromatic heterocycles. The van der Waals surface area contributed by atoms with Gasteiger partial charge < -0.3 is 27.9 Å². The van der Waals surface area contributed by atoms with Gasteiger partial charge in [-0.05, 0) is 55.4 Å². The molecular weight excluding hydrogens is 329 g/mol. The summed E-state index contributed by atoms with van der Waals surface area (Å²) in [6.45, 7) is 13.5. The number of hydrogen-bond acceptors (Lipinski definition) is 8. The fraction of sp³-hybridized carbons (Fsp3) is 0.857. The van der Waals surface area contributed by atoms with Gasteiger partial charge in [-0.25, -0.2) is 0 Å². The van der Waals surface area contributed by atoms with Crippen LogP contribution in [0.2, 0.25) is 0 Å². The van der Waals surface area contributed by atoms with Crippen molar-refractivity contribution in [3.8, 4) is 0 Å². The minimum atomic E-state index is -1.25. The zero-order chi connectivity index (χ0) is 19.7. The summed E-state index contributed by atoms with van der Waals surface area (Å²) in [5.41, 5.74) is -2.50. The van der Waals surface area contributed by atoms with E-state index in [-0.39, 0.29) is 35.3 Å². The summed E-state index contributed by atoms with van der Waals surface area (Å²) in [4.78, 5) is 23.9. The number of hydrogen-bond donors (Lipinski definition) is 0. The molecular formula is C14H29B3O8. The Kier molecular flexibility index (Phi) is 10.4. The molecule has 142 valence electrons. The van der Waals surface area contributed by atoms with Crippen LogP contribution in [0.1, 0.15) is 55.4 Å². The molecule has 0 heterocycles. The Bertz CT molecular complexity index is 388. The van der Waals surface area contributed by atoms with Crippen molar-refractivity contribution in [2.24, 2.45) is 0 Å². The van der Waals surface area contributed by atoms with E-state index < -0.39 is 23.1 Å². The van der Waals surface area contributed by atoms with E-state index in [0.29, 0.717) is 0 Å². The quantitative estimate of drug-likeness (QED) is 0.461. The first-order valence-corrected chi connectivity index (χ1v) is 8.24. The van der Waals surface area contributed by atoms with Crippen molar-refractivity contribution in [3.05, 3.63) is 0 Å². The summed E-state index contributed by atoms with van der Waals surface area (Å²) in [5.74, 6) is -1.19. The fourth-order valence-electron chi connectivity index (χ4n) is 1.24. The lowest BCUT2D eigenvalue weighted by atomic mass is 10.1. The first-order chi connectivity index (χ1) is 11.4. The lowest BCUT2D eigenvalue weighted by molar-refractivity contribution is -0.155. The average molecular weight is 358 g/mol. The second kappa shape index (κ2) is 10.9. The predicted octanol–water partition coefficient (Wildman–Crippen LogP) is 0.313. The van der Waals surface area contributed by atoms with Gasteiger partial charge in [0, 0.05) is 12.2 Å². The molecule has 0 aliphatic rings. The SMILES string of the molecule is CC(C)OBOC(=O)C(C)(C)OBOC(C)(C)C(=O)OBOC(C)C. The average Bonchev–Trinajstić information content (AvgIpc) is 2.45. The van der Waals surface area contributed by atoms with Gasteiger partial charge in [-0.2, -0.15) is 0 Å². The smallest absolute Gasteiger partial charge is 0.509 e. The highest BCUT2D eigenvalue weighted by Gasteiger charge is 2.35. The summed E-state index contributed by atoms with van der Waals surface area (Å²) in [6, 6.07) is 0. The minimum absolute atomic E-state index is 0.0494. The molecule has 0 radical (unpaired) electrons. The molecule has 0 rings (SSSR count). The van der Waals surface area contributed by atoms with Gasteiger partial charge in [-0.3, -0.25) is 9.59 Å². The van der Waals surface area contributed by atoms with Crippen LogP contribution in [-0.4, -0.2) is 58.4 Å². The Hall–Kier alpha value is -1.03. The molecule has 0 aliphatic carbocycles. The molecule has 0 N–H and O–H groups in total. The van der Waals surface area contributed by atoms with Gasteiger partial charge in [-0.1, -0.05) is 0 Å². The Morgan fingerprint density at radius 3 is 1.28 bits per heavy atom. The van der Waals surface area contributed by atoms with Gasteiger partial charge in [0.15, 0.2) is 0 Å². The second-order valence-corrected chi connectivity index (χ2v) is 6.96. The van der Waals surface area contributed by atoms with E-state index in [1.165, 1.54) is 27.7 Å². The Morgan fingerprint density at radius 2 is 1.00 bits per heavy atom. The van der Waals surface area contributed by atoms with Crippen molar-refractivity contribution in [2.75, 3.05) is 0 Å². The molecule has 0 aliphatic heterocycles. The van der Waals surface area contributed by atoms with E-state index in [1.807, 2.05) is 27.7 Å². The van der Waals surface area contributed by atoms with Gasteiger partial charge in [0.05, 0.1) is 0 Å². The third-order valence-corrected chi connectivity index (χ3v) is 3.01. The maximum Gasteiger partial charge on any atom is 0.509 e. The molecule has 0 fully saturated rings. The van der Waals surface area contributed by atoms with Crippen LogP contribution in [0.3, 0.4) is 0 Å². The highest BCUT2D eigenvalue weighted by molar-refractivity contribution is 6.25. The normalized spacial score (nSPS) is 12.1. The summed E-state index contributed by atoms with van der Waals surface area (Å²) < 4.78 is 31.0.